The van der Waals surface area contributed by atoms with Crippen molar-refractivity contribution < 1.29 is 8.83 Å². The van der Waals surface area contributed by atoms with Crippen molar-refractivity contribution in [2.24, 2.45) is 0 Å². The van der Waals surface area contributed by atoms with E-state index in [1.165, 1.54) is 43.4 Å². The fourth-order valence-electron chi connectivity index (χ4n) is 9.86. The van der Waals surface area contributed by atoms with Gasteiger partial charge in [-0.05, 0) is 96.7 Å². The predicted molar refractivity (Wildman–Crippen MR) is 257 cm³/mol. The highest BCUT2D eigenvalue weighted by atomic mass is 16.3. The van der Waals surface area contributed by atoms with Gasteiger partial charge in [0.2, 0.25) is 0 Å². The molecule has 0 fully saturated rings. The molecule has 0 amide bonds. The molecule has 61 heavy (non-hydrogen) atoms. The highest BCUT2D eigenvalue weighted by molar-refractivity contribution is 6.26. The number of hydrogen-bond acceptors (Lipinski definition) is 3. The SMILES string of the molecule is c1ccc(-c2ccc(N(c3ccc4c5ccccc5c5ccccc5c4c3)c3cccc4c3oc3c(-c5cccc6c5oc5ccccc56)c5ccccc5cc34)cc2)cc1. The number of rotatable bonds is 5. The van der Waals surface area contributed by atoms with Crippen molar-refractivity contribution in [3.05, 3.63) is 212 Å². The maximum absolute atomic E-state index is 7.35. The van der Waals surface area contributed by atoms with E-state index >= 15 is 0 Å². The Morgan fingerprint density at radius 3 is 1.61 bits per heavy atom. The van der Waals surface area contributed by atoms with Gasteiger partial charge in [-0.15, -0.1) is 0 Å². The van der Waals surface area contributed by atoms with Crippen LogP contribution in [0.2, 0.25) is 0 Å². The largest absolute Gasteiger partial charge is 0.455 e. The standard InChI is InChI=1S/C58H35NO2/c1-2-14-36(15-3-1)37-28-30-39(31-29-37)59(40-32-33-46-44-20-7-6-18-42(44)43-19-8-9-21-45(43)51(46)35-40)53-26-13-24-49-52-34-38-16-4-5-17-41(38)55(58(52)61-57(49)53)50-25-12-23-48-47-22-10-11-27-54(47)60-56(48)50/h1-35H. The molecule has 0 aliphatic heterocycles. The van der Waals surface area contributed by atoms with Crippen LogP contribution in [0.3, 0.4) is 0 Å². The Kier molecular flexibility index (Phi) is 7.31. The molecule has 11 aromatic carbocycles. The molecule has 3 heteroatoms. The molecule has 13 aromatic rings. The zero-order valence-corrected chi connectivity index (χ0v) is 33.0. The van der Waals surface area contributed by atoms with E-state index in [-0.39, 0.29) is 0 Å². The third-order valence-electron chi connectivity index (χ3n) is 12.6. The van der Waals surface area contributed by atoms with E-state index in [1.54, 1.807) is 0 Å². The summed E-state index contributed by atoms with van der Waals surface area (Å²) in [7, 11) is 0. The predicted octanol–water partition coefficient (Wildman–Crippen LogP) is 16.9. The normalized spacial score (nSPS) is 11.9. The van der Waals surface area contributed by atoms with Crippen molar-refractivity contribution in [2.75, 3.05) is 4.90 Å². The molecule has 2 heterocycles. The lowest BCUT2D eigenvalue weighted by molar-refractivity contribution is 0.665. The van der Waals surface area contributed by atoms with Crippen LogP contribution in [-0.4, -0.2) is 0 Å². The van der Waals surface area contributed by atoms with Gasteiger partial charge in [0.15, 0.2) is 5.58 Å². The second kappa shape index (κ2) is 13.2. The van der Waals surface area contributed by atoms with Crippen LogP contribution in [0.1, 0.15) is 0 Å². The smallest absolute Gasteiger partial charge is 0.159 e. The third-order valence-corrected chi connectivity index (χ3v) is 12.6. The second-order valence-corrected chi connectivity index (χ2v) is 16.0. The van der Waals surface area contributed by atoms with E-state index in [0.717, 1.165) is 82.8 Å². The average molecular weight is 778 g/mol. The lowest BCUT2D eigenvalue weighted by Crippen LogP contribution is -2.10. The molecule has 0 aliphatic rings. The molecule has 0 atom stereocenters. The first-order valence-corrected chi connectivity index (χ1v) is 20.8. The van der Waals surface area contributed by atoms with Gasteiger partial charge in [0.25, 0.3) is 0 Å². The maximum Gasteiger partial charge on any atom is 0.159 e. The van der Waals surface area contributed by atoms with Crippen molar-refractivity contribution in [3.8, 4) is 22.3 Å². The number of furan rings is 2. The molecule has 0 saturated heterocycles. The van der Waals surface area contributed by atoms with Gasteiger partial charge in [-0.2, -0.15) is 0 Å². The van der Waals surface area contributed by atoms with Crippen molar-refractivity contribution >= 4 is 104 Å². The van der Waals surface area contributed by atoms with Crippen LogP contribution in [0.25, 0.3) is 109 Å². The Balaban J connectivity index is 1.10. The highest BCUT2D eigenvalue weighted by Gasteiger charge is 2.24. The Morgan fingerprint density at radius 1 is 0.295 bits per heavy atom. The molecule has 0 bridgehead atoms. The maximum atomic E-state index is 7.35. The van der Waals surface area contributed by atoms with Crippen LogP contribution in [-0.2, 0) is 0 Å². The molecule has 0 aliphatic carbocycles. The van der Waals surface area contributed by atoms with E-state index in [4.69, 9.17) is 8.83 Å². The number of nitrogens with zero attached hydrogens (tertiary/aromatic N) is 1. The number of fused-ring (bicyclic) bond motifs is 13. The highest BCUT2D eigenvalue weighted by Crippen LogP contribution is 2.49. The first-order chi connectivity index (χ1) is 30.3. The summed E-state index contributed by atoms with van der Waals surface area (Å²) in [6.45, 7) is 0. The summed E-state index contributed by atoms with van der Waals surface area (Å²) in [6.07, 6.45) is 0. The summed E-state index contributed by atoms with van der Waals surface area (Å²) in [4.78, 5) is 2.36. The van der Waals surface area contributed by atoms with Gasteiger partial charge in [-0.1, -0.05) is 170 Å². The first-order valence-electron chi connectivity index (χ1n) is 20.8. The van der Waals surface area contributed by atoms with Gasteiger partial charge < -0.3 is 13.7 Å². The number of para-hydroxylation sites is 3. The number of hydrogen-bond donors (Lipinski definition) is 0. The van der Waals surface area contributed by atoms with Crippen molar-refractivity contribution in [3.63, 3.8) is 0 Å². The van der Waals surface area contributed by atoms with Gasteiger partial charge in [-0.3, -0.25) is 0 Å². The zero-order chi connectivity index (χ0) is 40.0. The minimum atomic E-state index is 0.821. The molecule has 0 radical (unpaired) electrons. The van der Waals surface area contributed by atoms with E-state index in [2.05, 4.69) is 205 Å². The number of benzene rings is 11. The van der Waals surface area contributed by atoms with Crippen molar-refractivity contribution in [1.82, 2.24) is 0 Å². The fourth-order valence-corrected chi connectivity index (χ4v) is 9.86. The van der Waals surface area contributed by atoms with Gasteiger partial charge in [0.05, 0.1) is 5.69 Å². The summed E-state index contributed by atoms with van der Waals surface area (Å²) >= 11 is 0. The molecular weight excluding hydrogens is 743 g/mol. The van der Waals surface area contributed by atoms with Crippen LogP contribution < -0.4 is 4.90 Å². The van der Waals surface area contributed by atoms with E-state index < -0.39 is 0 Å². The Labute approximate surface area is 350 Å². The lowest BCUT2D eigenvalue weighted by Gasteiger charge is -2.26. The molecule has 2 aromatic heterocycles. The van der Waals surface area contributed by atoms with E-state index in [9.17, 15) is 0 Å². The van der Waals surface area contributed by atoms with Crippen LogP contribution in [0.15, 0.2) is 221 Å². The fraction of sp³-hybridized carbons (Fsp3) is 0. The zero-order valence-electron chi connectivity index (χ0n) is 33.0. The molecule has 284 valence electrons. The summed E-state index contributed by atoms with van der Waals surface area (Å²) in [6, 6.07) is 76.1. The van der Waals surface area contributed by atoms with Crippen LogP contribution in [0.5, 0.6) is 0 Å². The van der Waals surface area contributed by atoms with Crippen LogP contribution in [0, 0.1) is 0 Å². The summed E-state index contributed by atoms with van der Waals surface area (Å²) in [5.74, 6) is 0. The van der Waals surface area contributed by atoms with E-state index in [0.29, 0.717) is 0 Å². The van der Waals surface area contributed by atoms with Gasteiger partial charge in [0, 0.05) is 44.0 Å². The van der Waals surface area contributed by atoms with Crippen LogP contribution >= 0.6 is 0 Å². The summed E-state index contributed by atoms with van der Waals surface area (Å²) < 4.78 is 14.0. The Hall–Kier alpha value is -8.14. The molecule has 0 spiro atoms. The Morgan fingerprint density at radius 2 is 0.852 bits per heavy atom. The van der Waals surface area contributed by atoms with E-state index in [1.807, 2.05) is 12.1 Å². The first kappa shape index (κ1) is 33.8. The second-order valence-electron chi connectivity index (χ2n) is 16.0. The average Bonchev–Trinajstić information content (AvgIpc) is 3.90. The quantitative estimate of drug-likeness (QED) is 0.163. The summed E-state index contributed by atoms with van der Waals surface area (Å²) in [5, 5.41) is 14.0. The van der Waals surface area contributed by atoms with Gasteiger partial charge in [0.1, 0.15) is 16.7 Å². The molecule has 3 nitrogen and oxygen atoms in total. The molecular formula is C58H35NO2. The molecule has 0 unspecified atom stereocenters. The third kappa shape index (κ3) is 5.11. The van der Waals surface area contributed by atoms with Gasteiger partial charge >= 0.3 is 0 Å². The Bertz CT molecular complexity index is 3840. The molecule has 13 rings (SSSR count). The van der Waals surface area contributed by atoms with Gasteiger partial charge in [-0.25, -0.2) is 0 Å². The topological polar surface area (TPSA) is 29.5 Å². The summed E-state index contributed by atoms with van der Waals surface area (Å²) in [5.41, 5.74) is 10.8. The van der Waals surface area contributed by atoms with Crippen molar-refractivity contribution in [1.29, 1.82) is 0 Å². The van der Waals surface area contributed by atoms with Crippen molar-refractivity contribution in [2.45, 2.75) is 0 Å². The lowest BCUT2D eigenvalue weighted by atomic mass is 9.93. The van der Waals surface area contributed by atoms with Crippen LogP contribution in [0.4, 0.5) is 17.1 Å². The monoisotopic (exact) mass is 777 g/mol. The minimum Gasteiger partial charge on any atom is -0.455 e. The number of anilines is 3. The molecule has 0 N–H and O–H groups in total. The molecule has 0 saturated carbocycles. The minimum absolute atomic E-state index is 0.821.